The second-order valence-corrected chi connectivity index (χ2v) is 3.70. The predicted octanol–water partition coefficient (Wildman–Crippen LogP) is 3.21. The molecule has 0 aliphatic carbocycles. The summed E-state index contributed by atoms with van der Waals surface area (Å²) in [6.07, 6.45) is -4.44. The first kappa shape index (κ1) is 12.3. The van der Waals surface area contributed by atoms with Crippen LogP contribution in [0.1, 0.15) is 11.6 Å². The summed E-state index contributed by atoms with van der Waals surface area (Å²) in [5.41, 5.74) is -0.0404. The van der Waals surface area contributed by atoms with Crippen LogP contribution in [0.5, 0.6) is 0 Å². The fourth-order valence-electron chi connectivity index (χ4n) is 1.26. The Kier molecular flexibility index (Phi) is 3.62. The Balaban J connectivity index is 3.05. The third kappa shape index (κ3) is 3.10. The van der Waals surface area contributed by atoms with Crippen LogP contribution in [0.2, 0.25) is 0 Å². The number of hydrogen-bond acceptors (Lipinski definition) is 2. The molecule has 0 amide bonds. The lowest BCUT2D eigenvalue weighted by Gasteiger charge is -2.25. The minimum absolute atomic E-state index is 0.0404. The SMILES string of the molecule is CN(S)C(c1ccc(F)cc1)C(F)(F)F. The lowest BCUT2D eigenvalue weighted by molar-refractivity contribution is -0.169. The Morgan fingerprint density at radius 1 is 1.20 bits per heavy atom. The van der Waals surface area contributed by atoms with E-state index < -0.39 is 18.0 Å². The van der Waals surface area contributed by atoms with Crippen molar-refractivity contribution in [3.8, 4) is 0 Å². The van der Waals surface area contributed by atoms with Crippen molar-refractivity contribution in [3.63, 3.8) is 0 Å². The van der Waals surface area contributed by atoms with Crippen molar-refractivity contribution >= 4 is 12.8 Å². The molecule has 1 atom stereocenters. The van der Waals surface area contributed by atoms with Crippen molar-refractivity contribution in [1.29, 1.82) is 0 Å². The Bertz CT molecular complexity index is 320. The van der Waals surface area contributed by atoms with Gasteiger partial charge in [-0.2, -0.15) is 13.2 Å². The van der Waals surface area contributed by atoms with Gasteiger partial charge in [0.1, 0.15) is 11.9 Å². The monoisotopic (exact) mass is 239 g/mol. The average Bonchev–Trinajstić information content (AvgIpc) is 2.05. The zero-order valence-electron chi connectivity index (χ0n) is 7.79. The number of alkyl halides is 3. The zero-order chi connectivity index (χ0) is 11.6. The molecule has 1 nitrogen and oxygen atoms in total. The topological polar surface area (TPSA) is 3.24 Å². The number of benzene rings is 1. The molecule has 0 aliphatic heterocycles. The van der Waals surface area contributed by atoms with E-state index in [2.05, 4.69) is 12.8 Å². The number of halogens is 4. The maximum atomic E-state index is 12.6. The summed E-state index contributed by atoms with van der Waals surface area (Å²) < 4.78 is 51.0. The smallest absolute Gasteiger partial charge is 0.240 e. The Labute approximate surface area is 90.2 Å². The molecule has 1 aromatic carbocycles. The van der Waals surface area contributed by atoms with Gasteiger partial charge in [-0.1, -0.05) is 24.9 Å². The highest BCUT2D eigenvalue weighted by molar-refractivity contribution is 7.77. The molecule has 1 aromatic rings. The average molecular weight is 239 g/mol. The molecular formula is C9H9F4NS. The van der Waals surface area contributed by atoms with Gasteiger partial charge in [-0.3, -0.25) is 0 Å². The molecule has 15 heavy (non-hydrogen) atoms. The van der Waals surface area contributed by atoms with Crippen LogP contribution in [-0.4, -0.2) is 17.5 Å². The molecule has 1 rings (SSSR count). The summed E-state index contributed by atoms with van der Waals surface area (Å²) in [4.78, 5) is 0. The summed E-state index contributed by atoms with van der Waals surface area (Å²) in [7, 11) is 1.20. The van der Waals surface area contributed by atoms with Crippen molar-refractivity contribution in [2.45, 2.75) is 12.2 Å². The van der Waals surface area contributed by atoms with Crippen molar-refractivity contribution in [1.82, 2.24) is 4.31 Å². The van der Waals surface area contributed by atoms with Gasteiger partial charge in [-0.05, 0) is 24.7 Å². The number of thiol groups is 1. The highest BCUT2D eigenvalue weighted by Crippen LogP contribution is 2.37. The van der Waals surface area contributed by atoms with E-state index in [1.54, 1.807) is 0 Å². The van der Waals surface area contributed by atoms with Gasteiger partial charge in [0.15, 0.2) is 0 Å². The van der Waals surface area contributed by atoms with E-state index in [9.17, 15) is 17.6 Å². The molecule has 84 valence electrons. The lowest BCUT2D eigenvalue weighted by atomic mass is 10.1. The van der Waals surface area contributed by atoms with E-state index in [0.717, 1.165) is 28.6 Å². The van der Waals surface area contributed by atoms with E-state index in [-0.39, 0.29) is 5.56 Å². The molecule has 0 fully saturated rings. The van der Waals surface area contributed by atoms with Crippen molar-refractivity contribution in [2.24, 2.45) is 0 Å². The van der Waals surface area contributed by atoms with Crippen molar-refractivity contribution in [2.75, 3.05) is 7.05 Å². The van der Waals surface area contributed by atoms with Gasteiger partial charge >= 0.3 is 6.18 Å². The highest BCUT2D eigenvalue weighted by atomic mass is 32.1. The number of nitrogens with zero attached hydrogens (tertiary/aromatic N) is 1. The maximum Gasteiger partial charge on any atom is 0.408 e. The summed E-state index contributed by atoms with van der Waals surface area (Å²) in [5, 5.41) is 0. The summed E-state index contributed by atoms with van der Waals surface area (Å²) in [5.74, 6) is -0.568. The van der Waals surface area contributed by atoms with Gasteiger partial charge < -0.3 is 0 Å². The van der Waals surface area contributed by atoms with Gasteiger partial charge in [0.2, 0.25) is 0 Å². The Hall–Kier alpha value is -0.750. The van der Waals surface area contributed by atoms with Gasteiger partial charge in [-0.15, -0.1) is 0 Å². The van der Waals surface area contributed by atoms with Crippen LogP contribution >= 0.6 is 12.8 Å². The summed E-state index contributed by atoms with van der Waals surface area (Å²) >= 11 is 3.64. The Morgan fingerprint density at radius 3 is 2.00 bits per heavy atom. The number of rotatable bonds is 2. The number of hydrogen-bond donors (Lipinski definition) is 1. The van der Waals surface area contributed by atoms with E-state index in [1.807, 2.05) is 0 Å². The standard InChI is InChI=1S/C9H9F4NS/c1-14(15)8(9(11,12)13)6-2-4-7(10)5-3-6/h2-5,8,15H,1H3. The molecule has 6 heteroatoms. The first-order valence-corrected chi connectivity index (χ1v) is 4.46. The third-order valence-corrected chi connectivity index (χ3v) is 2.10. The van der Waals surface area contributed by atoms with Crippen LogP contribution < -0.4 is 0 Å². The van der Waals surface area contributed by atoms with Crippen LogP contribution in [0.3, 0.4) is 0 Å². The first-order valence-electron chi connectivity index (χ1n) is 4.06. The normalized spacial score (nSPS) is 14.3. The summed E-state index contributed by atoms with van der Waals surface area (Å²) in [6, 6.07) is 2.35. The zero-order valence-corrected chi connectivity index (χ0v) is 8.69. The lowest BCUT2D eigenvalue weighted by Crippen LogP contribution is -2.30. The van der Waals surface area contributed by atoms with E-state index in [4.69, 9.17) is 0 Å². The van der Waals surface area contributed by atoms with Crippen LogP contribution in [0, 0.1) is 5.82 Å². The quantitative estimate of drug-likeness (QED) is 0.612. The molecule has 0 aliphatic rings. The second-order valence-electron chi connectivity index (χ2n) is 3.07. The molecule has 0 saturated heterocycles. The molecule has 1 unspecified atom stereocenters. The largest absolute Gasteiger partial charge is 0.408 e. The maximum absolute atomic E-state index is 12.6. The summed E-state index contributed by atoms with van der Waals surface area (Å²) in [6.45, 7) is 0. The molecule has 0 N–H and O–H groups in total. The molecule has 0 aromatic heterocycles. The first-order chi connectivity index (χ1) is 6.82. The van der Waals surface area contributed by atoms with Gasteiger partial charge in [0.05, 0.1) is 0 Å². The van der Waals surface area contributed by atoms with Crippen molar-refractivity contribution < 1.29 is 17.6 Å². The van der Waals surface area contributed by atoms with Crippen molar-refractivity contribution in [3.05, 3.63) is 35.6 Å². The minimum atomic E-state index is -4.44. The predicted molar refractivity (Wildman–Crippen MR) is 51.9 cm³/mol. The van der Waals surface area contributed by atoms with Crippen LogP contribution in [-0.2, 0) is 0 Å². The third-order valence-electron chi connectivity index (χ3n) is 1.87. The molecular weight excluding hydrogens is 230 g/mol. The van der Waals surface area contributed by atoms with E-state index in [1.165, 1.54) is 7.05 Å². The van der Waals surface area contributed by atoms with Gasteiger partial charge in [-0.25, -0.2) is 8.70 Å². The van der Waals surface area contributed by atoms with E-state index >= 15 is 0 Å². The molecule has 0 saturated carbocycles. The van der Waals surface area contributed by atoms with Gasteiger partial charge in [0.25, 0.3) is 0 Å². The van der Waals surface area contributed by atoms with Crippen LogP contribution in [0.15, 0.2) is 24.3 Å². The highest BCUT2D eigenvalue weighted by Gasteiger charge is 2.42. The molecule has 0 radical (unpaired) electrons. The molecule has 0 spiro atoms. The van der Waals surface area contributed by atoms with Crippen LogP contribution in [0.4, 0.5) is 17.6 Å². The molecule has 0 bridgehead atoms. The fraction of sp³-hybridized carbons (Fsp3) is 0.333. The Morgan fingerprint density at radius 2 is 1.67 bits per heavy atom. The fourth-order valence-corrected chi connectivity index (χ4v) is 1.53. The van der Waals surface area contributed by atoms with E-state index in [0.29, 0.717) is 0 Å². The minimum Gasteiger partial charge on any atom is -0.240 e. The molecule has 0 heterocycles. The van der Waals surface area contributed by atoms with Gasteiger partial charge in [0, 0.05) is 0 Å². The second kappa shape index (κ2) is 4.40. The van der Waals surface area contributed by atoms with Crippen LogP contribution in [0.25, 0.3) is 0 Å².